The van der Waals surface area contributed by atoms with E-state index in [1.165, 1.54) is 12.8 Å². The number of hydrogen-bond acceptors (Lipinski definition) is 3. The van der Waals surface area contributed by atoms with E-state index in [2.05, 4.69) is 5.32 Å². The Hall–Kier alpha value is -1.10. The van der Waals surface area contributed by atoms with E-state index in [9.17, 15) is 9.59 Å². The van der Waals surface area contributed by atoms with Gasteiger partial charge in [-0.15, -0.1) is 0 Å². The van der Waals surface area contributed by atoms with Gasteiger partial charge in [0.1, 0.15) is 6.04 Å². The molecule has 0 aliphatic carbocycles. The number of carboxylic acid groups (broad SMARTS) is 1. The van der Waals surface area contributed by atoms with Gasteiger partial charge in [0.2, 0.25) is 5.91 Å². The van der Waals surface area contributed by atoms with Gasteiger partial charge < -0.3 is 15.3 Å². The molecule has 0 aromatic rings. The van der Waals surface area contributed by atoms with E-state index in [0.717, 1.165) is 32.2 Å². The van der Waals surface area contributed by atoms with E-state index in [1.807, 2.05) is 0 Å². The molecule has 5 heteroatoms. The van der Waals surface area contributed by atoms with Crippen LogP contribution in [-0.4, -0.2) is 47.1 Å². The summed E-state index contributed by atoms with van der Waals surface area (Å²) in [5, 5.41) is 12.6. The van der Waals surface area contributed by atoms with Crippen molar-refractivity contribution in [3.63, 3.8) is 0 Å². The van der Waals surface area contributed by atoms with Gasteiger partial charge in [-0.1, -0.05) is 6.42 Å². The summed E-state index contributed by atoms with van der Waals surface area (Å²) in [5.41, 5.74) is 0. The minimum absolute atomic E-state index is 0.0134. The molecule has 2 atom stereocenters. The van der Waals surface area contributed by atoms with E-state index in [1.54, 1.807) is 4.90 Å². The predicted octanol–water partition coefficient (Wildman–Crippen LogP) is 1.37. The Morgan fingerprint density at radius 2 is 1.95 bits per heavy atom. The fraction of sp³-hybridized carbons (Fsp3) is 0.857. The Morgan fingerprint density at radius 1 is 1.16 bits per heavy atom. The van der Waals surface area contributed by atoms with Crippen LogP contribution in [0.15, 0.2) is 0 Å². The van der Waals surface area contributed by atoms with Crippen molar-refractivity contribution in [1.82, 2.24) is 10.2 Å². The third kappa shape index (κ3) is 3.93. The van der Waals surface area contributed by atoms with Crippen molar-refractivity contribution >= 4 is 11.9 Å². The van der Waals surface area contributed by atoms with Crippen LogP contribution in [0.3, 0.4) is 0 Å². The number of nitrogens with one attached hydrogen (secondary N) is 1. The zero-order valence-electron chi connectivity index (χ0n) is 11.4. The third-order valence-electron chi connectivity index (χ3n) is 4.23. The third-order valence-corrected chi connectivity index (χ3v) is 4.23. The van der Waals surface area contributed by atoms with E-state index >= 15 is 0 Å². The van der Waals surface area contributed by atoms with Crippen LogP contribution in [0.5, 0.6) is 0 Å². The normalized spacial score (nSPS) is 28.1. The van der Waals surface area contributed by atoms with Gasteiger partial charge in [0.05, 0.1) is 0 Å². The first kappa shape index (κ1) is 14.3. The first-order valence-electron chi connectivity index (χ1n) is 7.44. The molecule has 0 spiro atoms. The van der Waals surface area contributed by atoms with Crippen molar-refractivity contribution in [2.24, 2.45) is 0 Å². The highest BCUT2D eigenvalue weighted by molar-refractivity contribution is 5.83. The Balaban J connectivity index is 1.81. The Kier molecular flexibility index (Phi) is 5.19. The molecule has 0 aromatic heterocycles. The molecule has 0 radical (unpaired) electrons. The molecule has 19 heavy (non-hydrogen) atoms. The highest BCUT2D eigenvalue weighted by Gasteiger charge is 2.31. The van der Waals surface area contributed by atoms with E-state index < -0.39 is 12.0 Å². The van der Waals surface area contributed by atoms with Gasteiger partial charge in [-0.25, -0.2) is 4.79 Å². The van der Waals surface area contributed by atoms with E-state index in [4.69, 9.17) is 5.11 Å². The summed E-state index contributed by atoms with van der Waals surface area (Å²) in [6.07, 6.45) is 7.33. The quantitative estimate of drug-likeness (QED) is 0.808. The SMILES string of the molecule is O=C(O)[C@@H]1CCCCN1C(=O)CCC1CCCCN1. The first-order chi connectivity index (χ1) is 9.18. The van der Waals surface area contributed by atoms with Crippen molar-refractivity contribution in [3.8, 4) is 0 Å². The lowest BCUT2D eigenvalue weighted by molar-refractivity contribution is -0.152. The summed E-state index contributed by atoms with van der Waals surface area (Å²) in [4.78, 5) is 24.9. The number of likely N-dealkylation sites (tertiary alicyclic amines) is 1. The predicted molar refractivity (Wildman–Crippen MR) is 71.9 cm³/mol. The van der Waals surface area contributed by atoms with Crippen molar-refractivity contribution in [2.75, 3.05) is 13.1 Å². The summed E-state index contributed by atoms with van der Waals surface area (Å²) in [6, 6.07) is -0.161. The van der Waals surface area contributed by atoms with Gasteiger partial charge in [0.25, 0.3) is 0 Å². The second-order valence-electron chi connectivity index (χ2n) is 5.62. The molecule has 5 nitrogen and oxygen atoms in total. The smallest absolute Gasteiger partial charge is 0.326 e. The minimum atomic E-state index is -0.858. The number of aliphatic carboxylic acids is 1. The van der Waals surface area contributed by atoms with Gasteiger partial charge in [0, 0.05) is 19.0 Å². The maximum Gasteiger partial charge on any atom is 0.326 e. The topological polar surface area (TPSA) is 69.6 Å². The van der Waals surface area contributed by atoms with Gasteiger partial charge in [-0.2, -0.15) is 0 Å². The number of nitrogens with zero attached hydrogens (tertiary/aromatic N) is 1. The molecular formula is C14H24N2O3. The van der Waals surface area contributed by atoms with Crippen molar-refractivity contribution < 1.29 is 14.7 Å². The number of carbonyl (C=O) groups is 2. The highest BCUT2D eigenvalue weighted by Crippen LogP contribution is 2.20. The molecule has 2 fully saturated rings. The standard InChI is InChI=1S/C14H24N2O3/c17-13(8-7-11-5-1-3-9-15-11)16-10-4-2-6-12(16)14(18)19/h11-12,15H,1-10H2,(H,18,19)/t11?,12-/m0/s1. The monoisotopic (exact) mass is 268 g/mol. The van der Waals surface area contributed by atoms with Crippen LogP contribution >= 0.6 is 0 Å². The minimum Gasteiger partial charge on any atom is -0.480 e. The van der Waals surface area contributed by atoms with Gasteiger partial charge >= 0.3 is 5.97 Å². The van der Waals surface area contributed by atoms with Crippen LogP contribution in [0.1, 0.15) is 51.4 Å². The average Bonchev–Trinajstić information content (AvgIpc) is 2.46. The maximum atomic E-state index is 12.2. The summed E-state index contributed by atoms with van der Waals surface area (Å²) in [7, 11) is 0. The van der Waals surface area contributed by atoms with Crippen LogP contribution in [-0.2, 0) is 9.59 Å². The van der Waals surface area contributed by atoms with Crippen molar-refractivity contribution in [2.45, 2.75) is 63.5 Å². The molecule has 2 aliphatic heterocycles. The Labute approximate surface area is 114 Å². The molecule has 0 aromatic carbocycles. The van der Waals surface area contributed by atoms with Crippen molar-refractivity contribution in [1.29, 1.82) is 0 Å². The van der Waals surface area contributed by atoms with Crippen LogP contribution in [0.2, 0.25) is 0 Å². The molecule has 108 valence electrons. The summed E-state index contributed by atoms with van der Waals surface area (Å²) < 4.78 is 0. The molecule has 0 bridgehead atoms. The fourth-order valence-electron chi connectivity index (χ4n) is 3.10. The largest absolute Gasteiger partial charge is 0.480 e. The molecule has 0 saturated carbocycles. The van der Waals surface area contributed by atoms with E-state index in [-0.39, 0.29) is 5.91 Å². The number of piperidine rings is 2. The van der Waals surface area contributed by atoms with Gasteiger partial charge in [0.15, 0.2) is 0 Å². The van der Waals surface area contributed by atoms with Crippen LogP contribution in [0, 0.1) is 0 Å². The number of rotatable bonds is 4. The van der Waals surface area contributed by atoms with Crippen LogP contribution in [0.4, 0.5) is 0 Å². The number of carboxylic acids is 1. The zero-order chi connectivity index (χ0) is 13.7. The zero-order valence-corrected chi connectivity index (χ0v) is 11.4. The van der Waals surface area contributed by atoms with Crippen LogP contribution in [0.25, 0.3) is 0 Å². The summed E-state index contributed by atoms with van der Waals surface area (Å²) in [5.74, 6) is -0.844. The fourth-order valence-corrected chi connectivity index (χ4v) is 3.10. The molecule has 2 saturated heterocycles. The molecule has 2 rings (SSSR count). The second kappa shape index (κ2) is 6.89. The van der Waals surface area contributed by atoms with E-state index in [0.29, 0.717) is 25.4 Å². The maximum absolute atomic E-state index is 12.2. The number of hydrogen-bond donors (Lipinski definition) is 2. The van der Waals surface area contributed by atoms with Crippen molar-refractivity contribution in [3.05, 3.63) is 0 Å². The van der Waals surface area contributed by atoms with Gasteiger partial charge in [-0.05, 0) is 45.1 Å². The second-order valence-corrected chi connectivity index (χ2v) is 5.62. The molecule has 2 N–H and O–H groups in total. The van der Waals surface area contributed by atoms with Gasteiger partial charge in [-0.3, -0.25) is 4.79 Å². The lowest BCUT2D eigenvalue weighted by Crippen LogP contribution is -2.48. The Morgan fingerprint density at radius 3 is 2.63 bits per heavy atom. The highest BCUT2D eigenvalue weighted by atomic mass is 16.4. The molecule has 1 amide bonds. The summed E-state index contributed by atoms with van der Waals surface area (Å²) >= 11 is 0. The van der Waals surface area contributed by atoms with Crippen LogP contribution < -0.4 is 5.32 Å². The summed E-state index contributed by atoms with van der Waals surface area (Å²) in [6.45, 7) is 1.65. The molecule has 1 unspecified atom stereocenters. The number of amides is 1. The lowest BCUT2D eigenvalue weighted by Gasteiger charge is -2.33. The molecule has 2 aliphatic rings. The average molecular weight is 268 g/mol. The molecule has 2 heterocycles. The molecular weight excluding hydrogens is 244 g/mol. The first-order valence-corrected chi connectivity index (χ1v) is 7.44. The lowest BCUT2D eigenvalue weighted by atomic mass is 9.98. The number of carbonyl (C=O) groups excluding carboxylic acids is 1. The Bertz CT molecular complexity index is 327.